The monoisotopic (exact) mass is 865 g/mol. The van der Waals surface area contributed by atoms with Gasteiger partial charge < -0.3 is 38.9 Å². The Hall–Kier alpha value is -5.76. The van der Waals surface area contributed by atoms with Crippen LogP contribution < -0.4 is 40.3 Å². The summed E-state index contributed by atoms with van der Waals surface area (Å²) in [6.45, 7) is 29.3. The molecule has 0 radical (unpaired) electrons. The molecule has 0 saturated carbocycles. The van der Waals surface area contributed by atoms with E-state index in [0.29, 0.717) is 26.4 Å². The van der Waals surface area contributed by atoms with Crippen molar-refractivity contribution in [2.75, 3.05) is 26.4 Å². The van der Waals surface area contributed by atoms with Gasteiger partial charge in [-0.25, -0.2) is 0 Å². The molecule has 0 saturated heterocycles. The number of benzene rings is 2. The molecule has 1 aliphatic rings. The molecular weight excluding hydrogens is 793 g/mol. The van der Waals surface area contributed by atoms with Gasteiger partial charge in [-0.3, -0.25) is 0 Å². The van der Waals surface area contributed by atoms with E-state index in [0.717, 1.165) is 115 Å². The van der Waals surface area contributed by atoms with Crippen molar-refractivity contribution in [1.82, 2.24) is 19.9 Å². The van der Waals surface area contributed by atoms with Gasteiger partial charge >= 0.3 is 0 Å². The highest BCUT2D eigenvalue weighted by Crippen LogP contribution is 2.40. The summed E-state index contributed by atoms with van der Waals surface area (Å²) in [5.41, 5.74) is 8.09. The van der Waals surface area contributed by atoms with Crippen LogP contribution in [0.25, 0.3) is 23.3 Å². The lowest BCUT2D eigenvalue weighted by molar-refractivity contribution is 0.232. The van der Waals surface area contributed by atoms with Crippen LogP contribution in [0, 0.1) is 21.7 Å². The number of aromatic nitrogens is 4. The molecule has 0 atom stereocenters. The second kappa shape index (κ2) is 18.8. The van der Waals surface area contributed by atoms with Crippen LogP contribution >= 0.6 is 0 Å². The lowest BCUT2D eigenvalue weighted by Crippen LogP contribution is -2.18. The smallest absolute Gasteiger partial charge is 0.131 e. The van der Waals surface area contributed by atoms with E-state index in [4.69, 9.17) is 18.9 Å². The van der Waals surface area contributed by atoms with Crippen molar-refractivity contribution in [1.29, 1.82) is 0 Å². The molecule has 1 aliphatic heterocycles. The maximum absolute atomic E-state index is 6.69. The van der Waals surface area contributed by atoms with Gasteiger partial charge in [0.05, 0.1) is 37.6 Å². The fraction of sp³-hybridized carbons (Fsp3) is 0.429. The van der Waals surface area contributed by atoms with E-state index in [1.54, 1.807) is 0 Å². The highest BCUT2D eigenvalue weighted by molar-refractivity contribution is 5.86. The minimum atomic E-state index is 0.129. The zero-order chi connectivity index (χ0) is 45.9. The summed E-state index contributed by atoms with van der Waals surface area (Å²) < 4.78 is 26.8. The van der Waals surface area contributed by atoms with Gasteiger partial charge in [0.1, 0.15) is 23.0 Å². The fourth-order valence-corrected chi connectivity index (χ4v) is 7.60. The molecule has 0 amide bonds. The van der Waals surface area contributed by atoms with E-state index >= 15 is 0 Å². The molecule has 4 aromatic heterocycles. The van der Waals surface area contributed by atoms with Crippen LogP contribution in [-0.4, -0.2) is 46.4 Å². The number of aromatic amines is 4. The molecule has 0 fully saturated rings. The van der Waals surface area contributed by atoms with Crippen LogP contribution in [0.4, 0.5) is 0 Å². The highest BCUT2D eigenvalue weighted by atomic mass is 16.5. The molecular formula is C56H72N4O4. The van der Waals surface area contributed by atoms with Crippen LogP contribution in [-0.2, 0) is 0 Å². The molecule has 4 N–H and O–H groups in total. The van der Waals surface area contributed by atoms with Crippen molar-refractivity contribution in [2.45, 2.75) is 109 Å². The van der Waals surface area contributed by atoms with E-state index in [1.165, 1.54) is 0 Å². The molecule has 64 heavy (non-hydrogen) atoms. The summed E-state index contributed by atoms with van der Waals surface area (Å²) in [5, 5.41) is 3.79. The number of nitrogens with one attached hydrogen (secondary N) is 4. The number of H-pyrrole nitrogens is 4. The molecule has 5 heterocycles. The maximum atomic E-state index is 6.69. The van der Waals surface area contributed by atoms with Gasteiger partial charge in [0.15, 0.2) is 0 Å². The zero-order valence-corrected chi connectivity index (χ0v) is 40.5. The standard InChI is InChI=1S/C56H72N4O4/c1-53(2,3)27-31-61-45-15-13-16-46(62-32-28-54(4,5)6)51(45)49-41-23-19-37(57-41)35-39-21-25-43(59-39)50(44-26-22-40(60-44)36-38-20-24-42(49)58-38)52-47(63-33-29-55(7,8)9)17-14-18-48(52)64-34-30-56(10,11)12/h13-26,35-36,57-60H,27-34H2,1-12H3. The Morgan fingerprint density at radius 3 is 0.969 bits per heavy atom. The Balaban J connectivity index is 1.41. The predicted molar refractivity (Wildman–Crippen MR) is 263 cm³/mol. The molecule has 8 bridgehead atoms. The molecule has 7 rings (SSSR count). The van der Waals surface area contributed by atoms with Crippen LogP contribution in [0.1, 0.15) is 143 Å². The summed E-state index contributed by atoms with van der Waals surface area (Å²) in [7, 11) is 0. The molecule has 0 unspecified atom stereocenters. The molecule has 8 nitrogen and oxygen atoms in total. The van der Waals surface area contributed by atoms with E-state index in [-0.39, 0.29) is 21.7 Å². The topological polar surface area (TPSA) is 100 Å². The summed E-state index contributed by atoms with van der Waals surface area (Å²) in [6, 6.07) is 29.5. The third kappa shape index (κ3) is 12.3. The second-order valence-corrected chi connectivity index (χ2v) is 22.2. The SMILES string of the molecule is CC(C)(C)CCOc1cccc(OCCC(C)(C)C)c1C1=c2ccc([nH]2)=Cc2ccc([nH]2)C(c2c(OCCC(C)(C)C)cccc2OCCC(C)(C)C)=c2ccc([nH]2)=Cc2ccc1[nH]2. The van der Waals surface area contributed by atoms with Crippen molar-refractivity contribution >= 4 is 23.3 Å². The van der Waals surface area contributed by atoms with Gasteiger partial charge in [-0.1, -0.05) is 95.2 Å². The molecule has 2 aromatic carbocycles. The van der Waals surface area contributed by atoms with Crippen molar-refractivity contribution < 1.29 is 18.9 Å². The van der Waals surface area contributed by atoms with Gasteiger partial charge in [-0.15, -0.1) is 0 Å². The lowest BCUT2D eigenvalue weighted by Gasteiger charge is -2.22. The maximum Gasteiger partial charge on any atom is 0.131 e. The average Bonchev–Trinajstić information content (AvgIpc) is 4.02. The summed E-state index contributed by atoms with van der Waals surface area (Å²) in [4.78, 5) is 15.1. The number of hydrogen-bond acceptors (Lipinski definition) is 4. The van der Waals surface area contributed by atoms with E-state index in [9.17, 15) is 0 Å². The normalized spacial score (nSPS) is 13.4. The van der Waals surface area contributed by atoms with Gasteiger partial charge in [-0.2, -0.15) is 0 Å². The molecule has 0 spiro atoms. The first-order valence-corrected chi connectivity index (χ1v) is 23.2. The van der Waals surface area contributed by atoms with E-state index < -0.39 is 0 Å². The third-order valence-electron chi connectivity index (χ3n) is 11.4. The van der Waals surface area contributed by atoms with Crippen molar-refractivity contribution in [2.24, 2.45) is 21.7 Å². The molecule has 6 aromatic rings. The summed E-state index contributed by atoms with van der Waals surface area (Å²) in [5.74, 6) is 3.16. The van der Waals surface area contributed by atoms with Gasteiger partial charge in [0.2, 0.25) is 0 Å². The minimum absolute atomic E-state index is 0.129. The fourth-order valence-electron chi connectivity index (χ4n) is 7.60. The Kier molecular flexibility index (Phi) is 13.6. The second-order valence-electron chi connectivity index (χ2n) is 22.2. The quantitative estimate of drug-likeness (QED) is 0.0875. The van der Waals surface area contributed by atoms with Gasteiger partial charge in [0, 0.05) is 55.3 Å². The number of fused-ring (bicyclic) bond motifs is 8. The van der Waals surface area contributed by atoms with Crippen molar-refractivity contribution in [3.63, 3.8) is 0 Å². The van der Waals surface area contributed by atoms with E-state index in [1.807, 2.05) is 12.1 Å². The summed E-state index contributed by atoms with van der Waals surface area (Å²) in [6.07, 6.45) is 7.96. The first-order chi connectivity index (χ1) is 30.2. The minimum Gasteiger partial charge on any atom is -0.493 e. The van der Waals surface area contributed by atoms with E-state index in [2.05, 4.69) is 188 Å². The predicted octanol–water partition coefficient (Wildman–Crippen LogP) is 10.7. The summed E-state index contributed by atoms with van der Waals surface area (Å²) >= 11 is 0. The van der Waals surface area contributed by atoms with Crippen LogP contribution in [0.15, 0.2) is 84.9 Å². The Bertz CT molecular complexity index is 2510. The Morgan fingerprint density at radius 1 is 0.359 bits per heavy atom. The lowest BCUT2D eigenvalue weighted by atomic mass is 9.93. The van der Waals surface area contributed by atoms with Gasteiger partial charge in [0.25, 0.3) is 0 Å². The first-order valence-electron chi connectivity index (χ1n) is 23.2. The van der Waals surface area contributed by atoms with Gasteiger partial charge in [-0.05, 0) is 132 Å². The molecule has 340 valence electrons. The number of hydrogen-bond donors (Lipinski definition) is 4. The zero-order valence-electron chi connectivity index (χ0n) is 40.5. The third-order valence-corrected chi connectivity index (χ3v) is 11.4. The van der Waals surface area contributed by atoms with Crippen molar-refractivity contribution in [3.8, 4) is 23.0 Å². The van der Waals surface area contributed by atoms with Crippen LogP contribution in [0.3, 0.4) is 0 Å². The first kappa shape index (κ1) is 46.2. The van der Waals surface area contributed by atoms with Crippen LogP contribution in [0.2, 0.25) is 0 Å². The number of rotatable bonds is 14. The Labute approximate surface area is 380 Å². The highest BCUT2D eigenvalue weighted by Gasteiger charge is 2.24. The number of ether oxygens (including phenoxy) is 4. The molecule has 0 aliphatic carbocycles. The Morgan fingerprint density at radius 2 is 0.672 bits per heavy atom. The largest absolute Gasteiger partial charge is 0.493 e. The average molecular weight is 865 g/mol. The molecule has 8 heteroatoms. The van der Waals surface area contributed by atoms with Crippen molar-refractivity contribution in [3.05, 3.63) is 140 Å². The van der Waals surface area contributed by atoms with Crippen LogP contribution in [0.5, 0.6) is 23.0 Å².